The molecule has 8 heteroatoms. The Morgan fingerprint density at radius 2 is 1.86 bits per heavy atom. The fourth-order valence-corrected chi connectivity index (χ4v) is 5.08. The van der Waals surface area contributed by atoms with Crippen molar-refractivity contribution in [2.45, 2.75) is 32.4 Å². The second-order valence-corrected chi connectivity index (χ2v) is 9.27. The zero-order valence-corrected chi connectivity index (χ0v) is 21.1. The lowest BCUT2D eigenvalue weighted by molar-refractivity contribution is -0.116. The van der Waals surface area contributed by atoms with Crippen molar-refractivity contribution < 1.29 is 4.79 Å². The van der Waals surface area contributed by atoms with E-state index in [-0.39, 0.29) is 18.0 Å². The highest BCUT2D eigenvalue weighted by atomic mass is 32.1. The summed E-state index contributed by atoms with van der Waals surface area (Å²) in [5.74, 6) is -0.0500. The molecule has 4 heterocycles. The van der Waals surface area contributed by atoms with Crippen LogP contribution < -0.4 is 10.6 Å². The molecule has 1 aliphatic heterocycles. The molecule has 0 saturated carbocycles. The molecule has 2 N–H and O–H groups in total. The molecule has 4 aromatic rings. The molecule has 0 radical (unpaired) electrons. The van der Waals surface area contributed by atoms with Gasteiger partial charge in [0.15, 0.2) is 5.11 Å². The number of aryl methyl sites for hydroxylation is 2. The van der Waals surface area contributed by atoms with Crippen molar-refractivity contribution in [3.63, 3.8) is 0 Å². The van der Waals surface area contributed by atoms with Crippen LogP contribution >= 0.6 is 12.2 Å². The van der Waals surface area contributed by atoms with Gasteiger partial charge < -0.3 is 20.1 Å². The minimum Gasteiger partial charge on any atom is -0.352 e. The van der Waals surface area contributed by atoms with Crippen LogP contribution in [0, 0.1) is 13.8 Å². The highest BCUT2D eigenvalue weighted by Crippen LogP contribution is 2.40. The number of anilines is 1. The first-order chi connectivity index (χ1) is 17.5. The Balaban J connectivity index is 1.47. The minimum atomic E-state index is -0.164. The third-order valence-electron chi connectivity index (χ3n) is 6.51. The standard InChI is InChI=1S/C28H28N6OS/c1-19-8-3-4-10-22(19)31-25(35)14-17-33-27(26(32-28(33)36)23-11-5-6-16-30-23)24-13-12-20(2)34(24)21-9-7-15-29-18-21/h3-13,15-16,18,26-27H,14,17H2,1-2H3,(H,31,35)(H,32,36)/t26-,27+/m0/s1. The Labute approximate surface area is 216 Å². The molecular weight excluding hydrogens is 468 g/mol. The van der Waals surface area contributed by atoms with E-state index in [1.807, 2.05) is 67.7 Å². The van der Waals surface area contributed by atoms with E-state index in [0.717, 1.165) is 34.0 Å². The first-order valence-corrected chi connectivity index (χ1v) is 12.4. The number of nitrogens with one attached hydrogen (secondary N) is 2. The van der Waals surface area contributed by atoms with Crippen LogP contribution in [0.1, 0.15) is 41.1 Å². The molecule has 0 unspecified atom stereocenters. The lowest BCUT2D eigenvalue weighted by Crippen LogP contribution is -2.33. The molecule has 0 spiro atoms. The average molecular weight is 497 g/mol. The summed E-state index contributed by atoms with van der Waals surface area (Å²) in [5, 5.41) is 7.11. The number of nitrogens with zero attached hydrogens (tertiary/aromatic N) is 4. The van der Waals surface area contributed by atoms with Crippen LogP contribution in [0.5, 0.6) is 0 Å². The summed E-state index contributed by atoms with van der Waals surface area (Å²) >= 11 is 5.80. The van der Waals surface area contributed by atoms with Crippen molar-refractivity contribution >= 4 is 28.9 Å². The molecule has 182 valence electrons. The summed E-state index contributed by atoms with van der Waals surface area (Å²) < 4.78 is 2.20. The Kier molecular flexibility index (Phi) is 6.77. The van der Waals surface area contributed by atoms with Crippen molar-refractivity contribution in [3.8, 4) is 5.69 Å². The second-order valence-electron chi connectivity index (χ2n) is 8.88. The quantitative estimate of drug-likeness (QED) is 0.355. The van der Waals surface area contributed by atoms with Crippen molar-refractivity contribution in [1.29, 1.82) is 0 Å². The number of para-hydroxylation sites is 1. The van der Waals surface area contributed by atoms with E-state index in [1.165, 1.54) is 0 Å². The Morgan fingerprint density at radius 3 is 2.61 bits per heavy atom. The normalized spacial score (nSPS) is 17.2. The lowest BCUT2D eigenvalue weighted by Gasteiger charge is -2.29. The number of carbonyl (C=O) groups is 1. The van der Waals surface area contributed by atoms with Gasteiger partial charge in [0.05, 0.1) is 29.7 Å². The Hall–Kier alpha value is -4.04. The number of carbonyl (C=O) groups excluding carboxylic acids is 1. The zero-order chi connectivity index (χ0) is 25.1. The summed E-state index contributed by atoms with van der Waals surface area (Å²) in [4.78, 5) is 23.9. The molecule has 1 aliphatic rings. The molecule has 1 amide bonds. The Bertz CT molecular complexity index is 1370. The highest BCUT2D eigenvalue weighted by molar-refractivity contribution is 7.80. The molecule has 0 aliphatic carbocycles. The van der Waals surface area contributed by atoms with Gasteiger partial charge in [-0.05, 0) is 74.1 Å². The van der Waals surface area contributed by atoms with Gasteiger partial charge in [0.1, 0.15) is 0 Å². The van der Waals surface area contributed by atoms with Gasteiger partial charge in [-0.1, -0.05) is 24.3 Å². The van der Waals surface area contributed by atoms with Crippen LogP contribution in [0.3, 0.4) is 0 Å². The van der Waals surface area contributed by atoms with E-state index in [9.17, 15) is 4.79 Å². The molecule has 36 heavy (non-hydrogen) atoms. The third-order valence-corrected chi connectivity index (χ3v) is 6.86. The maximum atomic E-state index is 12.9. The lowest BCUT2D eigenvalue weighted by atomic mass is 10.0. The van der Waals surface area contributed by atoms with Crippen molar-refractivity contribution in [2.24, 2.45) is 0 Å². The first-order valence-electron chi connectivity index (χ1n) is 11.9. The second kappa shape index (κ2) is 10.3. The molecule has 1 saturated heterocycles. The fourth-order valence-electron chi connectivity index (χ4n) is 4.74. The summed E-state index contributed by atoms with van der Waals surface area (Å²) in [6.45, 7) is 4.53. The van der Waals surface area contributed by atoms with Gasteiger partial charge in [0, 0.05) is 42.4 Å². The molecule has 3 aromatic heterocycles. The summed E-state index contributed by atoms with van der Waals surface area (Å²) in [7, 11) is 0. The first kappa shape index (κ1) is 23.7. The molecule has 1 aromatic carbocycles. The van der Waals surface area contributed by atoms with Crippen LogP contribution in [0.4, 0.5) is 5.69 Å². The summed E-state index contributed by atoms with van der Waals surface area (Å²) in [5.41, 5.74) is 5.88. The van der Waals surface area contributed by atoms with Crippen LogP contribution in [0.15, 0.2) is 85.3 Å². The number of hydrogen-bond acceptors (Lipinski definition) is 4. The zero-order valence-electron chi connectivity index (χ0n) is 20.3. The topological polar surface area (TPSA) is 75.1 Å². The number of pyridine rings is 2. The van der Waals surface area contributed by atoms with E-state index >= 15 is 0 Å². The van der Waals surface area contributed by atoms with Crippen molar-refractivity contribution in [3.05, 3.63) is 108 Å². The maximum absolute atomic E-state index is 12.9. The SMILES string of the molecule is Cc1ccccc1NC(=O)CCN1C(=S)N[C@@H](c2ccccn2)[C@H]1c1ccc(C)n1-c1cccnc1. The van der Waals surface area contributed by atoms with Crippen LogP contribution in [0.2, 0.25) is 0 Å². The van der Waals surface area contributed by atoms with Gasteiger partial charge in [0.2, 0.25) is 5.91 Å². The number of hydrogen-bond donors (Lipinski definition) is 2. The fraction of sp³-hybridized carbons (Fsp3) is 0.214. The van der Waals surface area contributed by atoms with Gasteiger partial charge in [-0.25, -0.2) is 0 Å². The highest BCUT2D eigenvalue weighted by Gasteiger charge is 2.41. The number of thiocarbonyl (C=S) groups is 1. The largest absolute Gasteiger partial charge is 0.352 e. The van der Waals surface area contributed by atoms with Crippen molar-refractivity contribution in [1.82, 2.24) is 24.8 Å². The summed E-state index contributed by atoms with van der Waals surface area (Å²) in [6.07, 6.45) is 5.71. The van der Waals surface area contributed by atoms with Gasteiger partial charge in [-0.3, -0.25) is 14.8 Å². The van der Waals surface area contributed by atoms with Crippen LogP contribution in [-0.2, 0) is 4.79 Å². The van der Waals surface area contributed by atoms with E-state index in [4.69, 9.17) is 12.2 Å². The predicted octanol–water partition coefficient (Wildman–Crippen LogP) is 4.89. The molecule has 5 rings (SSSR count). The van der Waals surface area contributed by atoms with Gasteiger partial charge in [-0.2, -0.15) is 0 Å². The minimum absolute atomic E-state index is 0.0500. The van der Waals surface area contributed by atoms with Crippen LogP contribution in [0.25, 0.3) is 5.69 Å². The van der Waals surface area contributed by atoms with Crippen LogP contribution in [-0.4, -0.2) is 37.0 Å². The Morgan fingerprint density at radius 1 is 1.03 bits per heavy atom. The summed E-state index contributed by atoms with van der Waals surface area (Å²) in [6, 6.07) is 21.5. The molecule has 0 bridgehead atoms. The molecular formula is C28H28N6OS. The van der Waals surface area contributed by atoms with E-state index in [2.05, 4.69) is 49.1 Å². The number of rotatable bonds is 7. The number of benzene rings is 1. The number of amides is 1. The van der Waals surface area contributed by atoms with E-state index < -0.39 is 0 Å². The monoisotopic (exact) mass is 496 g/mol. The molecule has 2 atom stereocenters. The molecule has 7 nitrogen and oxygen atoms in total. The molecule has 1 fully saturated rings. The average Bonchev–Trinajstić information content (AvgIpc) is 3.44. The predicted molar refractivity (Wildman–Crippen MR) is 145 cm³/mol. The van der Waals surface area contributed by atoms with Gasteiger partial charge >= 0.3 is 0 Å². The third kappa shape index (κ3) is 4.72. The van der Waals surface area contributed by atoms with Gasteiger partial charge in [-0.15, -0.1) is 0 Å². The number of aromatic nitrogens is 3. The smallest absolute Gasteiger partial charge is 0.226 e. The van der Waals surface area contributed by atoms with Crippen molar-refractivity contribution in [2.75, 3.05) is 11.9 Å². The van der Waals surface area contributed by atoms with E-state index in [1.54, 1.807) is 12.4 Å². The van der Waals surface area contributed by atoms with E-state index in [0.29, 0.717) is 18.1 Å². The van der Waals surface area contributed by atoms with Gasteiger partial charge in [0.25, 0.3) is 0 Å². The maximum Gasteiger partial charge on any atom is 0.226 e.